The summed E-state index contributed by atoms with van der Waals surface area (Å²) in [7, 11) is 0. The Hall–Kier alpha value is -2.33. The highest BCUT2D eigenvalue weighted by atomic mass is 19.1. The Morgan fingerprint density at radius 2 is 1.59 bits per heavy atom. The molecular weight excluding hydrogens is 415 g/mol. The van der Waals surface area contributed by atoms with Crippen molar-refractivity contribution in [2.24, 2.45) is 17.8 Å². The summed E-state index contributed by atoms with van der Waals surface area (Å²) >= 11 is 0. The maximum absolute atomic E-state index is 14.3. The van der Waals surface area contributed by atoms with E-state index in [1.165, 1.54) is 63.4 Å². The number of aryl methyl sites for hydroxylation is 1. The largest absolute Gasteiger partial charge is 0.207 e. The van der Waals surface area contributed by atoms with E-state index in [-0.39, 0.29) is 5.82 Å². The second-order valence-electron chi connectivity index (χ2n) is 10.6. The lowest BCUT2D eigenvalue weighted by molar-refractivity contribution is 0.186. The fourth-order valence-electron chi connectivity index (χ4n) is 5.93. The zero-order valence-corrected chi connectivity index (χ0v) is 21.2. The normalized spacial score (nSPS) is 22.6. The molecule has 2 aromatic carbocycles. The Labute approximate surface area is 207 Å². The van der Waals surface area contributed by atoms with Gasteiger partial charge in [0.15, 0.2) is 0 Å². The third kappa shape index (κ3) is 6.63. The molecule has 4 rings (SSSR count). The predicted molar refractivity (Wildman–Crippen MR) is 143 cm³/mol. The number of unbranched alkanes of at least 4 members (excludes halogenated alkanes) is 1. The Bertz CT molecular complexity index is 1010. The van der Waals surface area contributed by atoms with Gasteiger partial charge in [0.05, 0.1) is 0 Å². The van der Waals surface area contributed by atoms with Crippen LogP contribution in [0.15, 0.2) is 54.1 Å². The zero-order chi connectivity index (χ0) is 23.8. The van der Waals surface area contributed by atoms with Crippen LogP contribution in [0.25, 0.3) is 11.1 Å². The van der Waals surface area contributed by atoms with E-state index in [2.05, 4.69) is 56.0 Å². The van der Waals surface area contributed by atoms with E-state index in [9.17, 15) is 4.39 Å². The third-order valence-electron chi connectivity index (χ3n) is 8.13. The van der Waals surface area contributed by atoms with Gasteiger partial charge in [0.2, 0.25) is 0 Å². The first kappa shape index (κ1) is 24.8. The summed E-state index contributed by atoms with van der Waals surface area (Å²) in [5.41, 5.74) is 5.11. The topological polar surface area (TPSA) is 0 Å². The van der Waals surface area contributed by atoms with Crippen molar-refractivity contribution in [2.45, 2.75) is 90.9 Å². The molecule has 0 N–H and O–H groups in total. The molecule has 34 heavy (non-hydrogen) atoms. The van der Waals surface area contributed by atoms with Gasteiger partial charge in [-0.25, -0.2) is 4.39 Å². The van der Waals surface area contributed by atoms with Crippen LogP contribution in [0.5, 0.6) is 0 Å². The standard InChI is InChI=1S/C33H41F/c1-3-5-7-25-10-16-28(17-11-25)29-18-12-26(13-19-29)8-9-27-14-20-30(21-15-27)32-23-22-31(6-4-2)33(34)24-32/h12,14-15,20-25,28-29H,3-7,10-11,13,16-19H2,1-2H3. The van der Waals surface area contributed by atoms with E-state index >= 15 is 0 Å². The Morgan fingerprint density at radius 3 is 2.24 bits per heavy atom. The van der Waals surface area contributed by atoms with Crippen LogP contribution < -0.4 is 0 Å². The van der Waals surface area contributed by atoms with Gasteiger partial charge >= 0.3 is 0 Å². The summed E-state index contributed by atoms with van der Waals surface area (Å²) in [5, 5.41) is 0. The molecule has 2 aromatic rings. The molecule has 0 aromatic heterocycles. The lowest BCUT2D eigenvalue weighted by atomic mass is 9.71. The average molecular weight is 457 g/mol. The van der Waals surface area contributed by atoms with Crippen molar-refractivity contribution >= 4 is 0 Å². The van der Waals surface area contributed by atoms with E-state index in [0.717, 1.165) is 59.3 Å². The molecule has 0 aliphatic heterocycles. The number of hydrogen-bond acceptors (Lipinski definition) is 0. The zero-order valence-electron chi connectivity index (χ0n) is 21.2. The van der Waals surface area contributed by atoms with Gasteiger partial charge in [-0.15, -0.1) is 0 Å². The first-order valence-electron chi connectivity index (χ1n) is 13.8. The van der Waals surface area contributed by atoms with Gasteiger partial charge in [-0.3, -0.25) is 0 Å². The molecule has 180 valence electrons. The van der Waals surface area contributed by atoms with Crippen LogP contribution in [0, 0.1) is 35.4 Å². The van der Waals surface area contributed by atoms with Gasteiger partial charge in [-0.2, -0.15) is 0 Å². The first-order chi connectivity index (χ1) is 16.7. The van der Waals surface area contributed by atoms with Gasteiger partial charge in [-0.05, 0) is 96.7 Å². The molecule has 1 unspecified atom stereocenters. The number of hydrogen-bond donors (Lipinski definition) is 0. The van der Waals surface area contributed by atoms with Crippen LogP contribution >= 0.6 is 0 Å². The van der Waals surface area contributed by atoms with E-state index in [4.69, 9.17) is 0 Å². The number of rotatable bonds is 7. The van der Waals surface area contributed by atoms with Gasteiger partial charge in [0.25, 0.3) is 0 Å². The van der Waals surface area contributed by atoms with Crippen LogP contribution in [0.3, 0.4) is 0 Å². The van der Waals surface area contributed by atoms with Crippen molar-refractivity contribution in [2.75, 3.05) is 0 Å². The quantitative estimate of drug-likeness (QED) is 0.364. The van der Waals surface area contributed by atoms with Crippen LogP contribution in [0.2, 0.25) is 0 Å². The summed E-state index contributed by atoms with van der Waals surface area (Å²) in [6.07, 6.45) is 17.9. The van der Waals surface area contributed by atoms with Gasteiger partial charge in [0, 0.05) is 5.56 Å². The van der Waals surface area contributed by atoms with E-state index < -0.39 is 0 Å². The predicted octanol–water partition coefficient (Wildman–Crippen LogP) is 9.52. The van der Waals surface area contributed by atoms with Gasteiger partial charge in [-0.1, -0.05) is 94.6 Å². The monoisotopic (exact) mass is 456 g/mol. The molecule has 2 aliphatic carbocycles. The molecule has 2 aliphatic rings. The molecule has 0 heterocycles. The molecular formula is C33H41F. The average Bonchev–Trinajstić information content (AvgIpc) is 2.88. The highest BCUT2D eigenvalue weighted by molar-refractivity contribution is 5.65. The molecule has 1 fully saturated rings. The van der Waals surface area contributed by atoms with Crippen LogP contribution in [0.1, 0.15) is 95.6 Å². The maximum Gasteiger partial charge on any atom is 0.127 e. The van der Waals surface area contributed by atoms with Crippen molar-refractivity contribution in [3.8, 4) is 23.0 Å². The summed E-state index contributed by atoms with van der Waals surface area (Å²) in [6.45, 7) is 4.39. The molecule has 0 spiro atoms. The molecule has 0 amide bonds. The van der Waals surface area contributed by atoms with Crippen LogP contribution in [-0.2, 0) is 6.42 Å². The molecule has 1 saturated carbocycles. The molecule has 0 saturated heterocycles. The van der Waals surface area contributed by atoms with E-state index in [1.54, 1.807) is 6.07 Å². The highest BCUT2D eigenvalue weighted by Gasteiger charge is 2.28. The van der Waals surface area contributed by atoms with Crippen LogP contribution in [-0.4, -0.2) is 0 Å². The fraction of sp³-hybridized carbons (Fsp3) is 0.515. The Morgan fingerprint density at radius 1 is 0.824 bits per heavy atom. The fourth-order valence-corrected chi connectivity index (χ4v) is 5.93. The van der Waals surface area contributed by atoms with Crippen molar-refractivity contribution in [3.63, 3.8) is 0 Å². The molecule has 1 heteroatoms. The van der Waals surface area contributed by atoms with Crippen molar-refractivity contribution in [1.82, 2.24) is 0 Å². The van der Waals surface area contributed by atoms with Gasteiger partial charge in [0.1, 0.15) is 5.82 Å². The van der Waals surface area contributed by atoms with Crippen LogP contribution in [0.4, 0.5) is 4.39 Å². The Kier molecular flexibility index (Phi) is 9.04. The summed E-state index contributed by atoms with van der Waals surface area (Å²) in [5.74, 6) is 9.51. The highest BCUT2D eigenvalue weighted by Crippen LogP contribution is 2.40. The molecule has 0 bridgehead atoms. The number of allylic oxidation sites excluding steroid dienone is 2. The van der Waals surface area contributed by atoms with Gasteiger partial charge < -0.3 is 0 Å². The minimum absolute atomic E-state index is 0.102. The minimum atomic E-state index is -0.102. The molecule has 1 atom stereocenters. The summed E-state index contributed by atoms with van der Waals surface area (Å²) in [6, 6.07) is 13.8. The molecule has 0 radical (unpaired) electrons. The van der Waals surface area contributed by atoms with E-state index in [1.807, 2.05) is 12.1 Å². The SMILES string of the molecule is CCCCC1CCC(C2CC=C(C#Cc3ccc(-c4ccc(CCC)c(F)c4)cc3)CC2)CC1. The Balaban J connectivity index is 1.30. The molecule has 0 nitrogen and oxygen atoms in total. The maximum atomic E-state index is 14.3. The summed E-state index contributed by atoms with van der Waals surface area (Å²) in [4.78, 5) is 0. The lowest BCUT2D eigenvalue weighted by Crippen LogP contribution is -2.23. The smallest absolute Gasteiger partial charge is 0.127 e. The first-order valence-corrected chi connectivity index (χ1v) is 13.8. The minimum Gasteiger partial charge on any atom is -0.207 e. The van der Waals surface area contributed by atoms with Crippen molar-refractivity contribution in [1.29, 1.82) is 0 Å². The van der Waals surface area contributed by atoms with E-state index in [0.29, 0.717) is 0 Å². The lowest BCUT2D eigenvalue weighted by Gasteiger charge is -2.35. The second kappa shape index (κ2) is 12.4. The number of halogens is 1. The second-order valence-corrected chi connectivity index (χ2v) is 10.6. The summed E-state index contributed by atoms with van der Waals surface area (Å²) < 4.78 is 14.3. The third-order valence-corrected chi connectivity index (χ3v) is 8.13. The van der Waals surface area contributed by atoms with Crippen molar-refractivity contribution < 1.29 is 4.39 Å². The van der Waals surface area contributed by atoms with Crippen molar-refractivity contribution in [3.05, 3.63) is 71.1 Å². The number of benzene rings is 2.